The van der Waals surface area contributed by atoms with Gasteiger partial charge in [-0.3, -0.25) is 4.79 Å². The monoisotopic (exact) mass is 642 g/mol. The highest BCUT2D eigenvalue weighted by molar-refractivity contribution is 5.95. The molecule has 0 aromatic heterocycles. The van der Waals surface area contributed by atoms with Crippen LogP contribution in [0, 0.1) is 0 Å². The van der Waals surface area contributed by atoms with E-state index in [1.165, 1.54) is 18.2 Å². The summed E-state index contributed by atoms with van der Waals surface area (Å²) >= 11 is 0. The molecule has 10 nitrogen and oxygen atoms in total. The van der Waals surface area contributed by atoms with Crippen LogP contribution in [0.25, 0.3) is 0 Å². The minimum Gasteiger partial charge on any atom is -0.508 e. The average molecular weight is 643 g/mol. The Morgan fingerprint density at radius 2 is 0.978 bits per heavy atom. The molecule has 0 fully saturated rings. The summed E-state index contributed by atoms with van der Waals surface area (Å²) in [5.41, 5.74) is 1.50. The molecule has 254 valence electrons. The molecule has 2 aromatic carbocycles. The van der Waals surface area contributed by atoms with Crippen molar-refractivity contribution in [2.75, 3.05) is 0 Å². The van der Waals surface area contributed by atoms with Crippen LogP contribution in [-0.2, 0) is 27.1 Å². The lowest BCUT2D eigenvalue weighted by Crippen LogP contribution is -2.18. The van der Waals surface area contributed by atoms with Crippen LogP contribution in [0.15, 0.2) is 24.3 Å². The van der Waals surface area contributed by atoms with Gasteiger partial charge in [0.15, 0.2) is 0 Å². The number of hydrogen-bond donors (Lipinski definition) is 5. The Bertz CT molecular complexity index is 1320. The Kier molecular flexibility index (Phi) is 14.7. The van der Waals surface area contributed by atoms with E-state index < -0.39 is 11.9 Å². The number of Topliss-reactive ketones (excluding diaryl/α,β-unsaturated/α-hetero) is 1. The van der Waals surface area contributed by atoms with Crippen molar-refractivity contribution in [2.45, 2.75) is 135 Å². The molecule has 0 amide bonds. The number of carbonyl (C=O) groups excluding carboxylic acids is 3. The number of ether oxygens (including phenoxy) is 2. The van der Waals surface area contributed by atoms with E-state index in [0.29, 0.717) is 56.1 Å². The Morgan fingerprint density at radius 3 is 1.52 bits per heavy atom. The maximum absolute atomic E-state index is 12.4. The van der Waals surface area contributed by atoms with E-state index in [4.69, 9.17) is 9.47 Å². The van der Waals surface area contributed by atoms with E-state index in [1.54, 1.807) is 6.92 Å². The van der Waals surface area contributed by atoms with E-state index in [1.807, 2.05) is 6.92 Å². The molecule has 2 aliphatic heterocycles. The number of aliphatic hydroxyl groups is 1. The number of aromatic hydroxyl groups is 4. The van der Waals surface area contributed by atoms with Gasteiger partial charge in [-0.05, 0) is 108 Å². The lowest BCUT2D eigenvalue weighted by molar-refractivity contribution is -0.119. The molecule has 3 atom stereocenters. The second-order valence-corrected chi connectivity index (χ2v) is 12.6. The average Bonchev–Trinajstić information content (AvgIpc) is 2.95. The summed E-state index contributed by atoms with van der Waals surface area (Å²) in [6.07, 6.45) is 10.8. The number of phenolic OH excluding ortho intramolecular Hbond substituents is 4. The number of rotatable bonds is 0. The zero-order chi connectivity index (χ0) is 33.6. The maximum Gasteiger partial charge on any atom is 0.342 e. The molecular weight excluding hydrogens is 592 g/mol. The van der Waals surface area contributed by atoms with Crippen molar-refractivity contribution >= 4 is 17.7 Å². The standard InChI is InChI=1S/C18H26O5.C18H24O5/c2*1-12-6-5-9-14(19)8-4-2-3-7-13-10-15(20)11-16(21)17(13)18(22)23-12/h10-12,14,19-21H,2-9H2,1H3;10-12,20-21H,2-9H2,1H3. The van der Waals surface area contributed by atoms with Crippen molar-refractivity contribution in [3.63, 3.8) is 0 Å². The van der Waals surface area contributed by atoms with Crippen LogP contribution in [0.1, 0.15) is 136 Å². The number of fused-ring (bicyclic) bond motifs is 2. The van der Waals surface area contributed by atoms with E-state index in [-0.39, 0.29) is 58.2 Å². The van der Waals surface area contributed by atoms with Gasteiger partial charge in [-0.15, -0.1) is 0 Å². The quantitative estimate of drug-likeness (QED) is 0.193. The number of phenols is 4. The van der Waals surface area contributed by atoms with Gasteiger partial charge in [0.05, 0.1) is 18.3 Å². The highest BCUT2D eigenvalue weighted by atomic mass is 16.5. The number of esters is 2. The second kappa shape index (κ2) is 18.4. The molecule has 0 radical (unpaired) electrons. The van der Waals surface area contributed by atoms with Gasteiger partial charge in [0.2, 0.25) is 0 Å². The van der Waals surface area contributed by atoms with E-state index in [9.17, 15) is 39.9 Å². The molecule has 2 aromatic rings. The van der Waals surface area contributed by atoms with Crippen molar-refractivity contribution < 1.29 is 49.4 Å². The summed E-state index contributed by atoms with van der Waals surface area (Å²) in [5, 5.41) is 49.3. The number of aliphatic hydroxyl groups excluding tert-OH is 1. The molecule has 5 N–H and O–H groups in total. The van der Waals surface area contributed by atoms with Crippen LogP contribution in [-0.4, -0.2) is 61.6 Å². The Morgan fingerprint density at radius 1 is 0.543 bits per heavy atom. The van der Waals surface area contributed by atoms with Gasteiger partial charge in [0, 0.05) is 25.0 Å². The van der Waals surface area contributed by atoms with Gasteiger partial charge in [0.1, 0.15) is 39.9 Å². The molecule has 3 unspecified atom stereocenters. The van der Waals surface area contributed by atoms with Crippen molar-refractivity contribution in [3.8, 4) is 23.0 Å². The summed E-state index contributed by atoms with van der Waals surface area (Å²) in [7, 11) is 0. The Hall–Kier alpha value is -3.79. The smallest absolute Gasteiger partial charge is 0.342 e. The Balaban J connectivity index is 0.000000250. The van der Waals surface area contributed by atoms with E-state index in [2.05, 4.69) is 0 Å². The lowest BCUT2D eigenvalue weighted by Gasteiger charge is -2.18. The van der Waals surface area contributed by atoms with Gasteiger partial charge >= 0.3 is 11.9 Å². The fourth-order valence-corrected chi connectivity index (χ4v) is 5.99. The topological polar surface area (TPSA) is 171 Å². The van der Waals surface area contributed by atoms with Crippen molar-refractivity contribution in [2.24, 2.45) is 0 Å². The van der Waals surface area contributed by atoms with Crippen LogP contribution in [0.2, 0.25) is 0 Å². The highest BCUT2D eigenvalue weighted by Crippen LogP contribution is 2.31. The number of benzene rings is 2. The molecule has 2 heterocycles. The SMILES string of the molecule is CC1CCCC(=O)CCCCCc2cc(O)cc(O)c2C(=O)O1.CC1CCCC(O)CCCCCc2cc(O)cc(O)c2C(=O)O1. The second-order valence-electron chi connectivity index (χ2n) is 12.6. The first-order valence-electron chi connectivity index (χ1n) is 16.7. The summed E-state index contributed by atoms with van der Waals surface area (Å²) in [6, 6.07) is 5.34. The number of cyclic esters (lactones) is 2. The van der Waals surface area contributed by atoms with Gasteiger partial charge in [-0.1, -0.05) is 19.3 Å². The predicted molar refractivity (Wildman–Crippen MR) is 172 cm³/mol. The summed E-state index contributed by atoms with van der Waals surface area (Å²) in [5.74, 6) is -1.48. The first-order valence-corrected chi connectivity index (χ1v) is 16.7. The summed E-state index contributed by atoms with van der Waals surface area (Å²) < 4.78 is 10.8. The normalized spacial score (nSPS) is 22.8. The van der Waals surface area contributed by atoms with Crippen LogP contribution in [0.4, 0.5) is 0 Å². The van der Waals surface area contributed by atoms with Crippen LogP contribution < -0.4 is 0 Å². The molecule has 0 spiro atoms. The summed E-state index contributed by atoms with van der Waals surface area (Å²) in [6.45, 7) is 3.60. The van der Waals surface area contributed by atoms with E-state index >= 15 is 0 Å². The molecule has 0 saturated heterocycles. The molecular formula is C36H50O10. The number of aryl methyl sites for hydroxylation is 2. The zero-order valence-electron chi connectivity index (χ0n) is 27.1. The van der Waals surface area contributed by atoms with Gasteiger partial charge in [0.25, 0.3) is 0 Å². The third-order valence-corrected chi connectivity index (χ3v) is 8.49. The molecule has 4 rings (SSSR count). The third-order valence-electron chi connectivity index (χ3n) is 8.49. The first-order chi connectivity index (χ1) is 21.9. The predicted octanol–water partition coefficient (Wildman–Crippen LogP) is 6.79. The molecule has 0 saturated carbocycles. The molecule has 0 aliphatic carbocycles. The molecule has 10 heteroatoms. The number of hydrogen-bond acceptors (Lipinski definition) is 10. The minimum atomic E-state index is -0.576. The van der Waals surface area contributed by atoms with Crippen molar-refractivity contribution in [1.82, 2.24) is 0 Å². The first kappa shape index (κ1) is 36.7. The fourth-order valence-electron chi connectivity index (χ4n) is 5.99. The largest absolute Gasteiger partial charge is 0.508 e. The van der Waals surface area contributed by atoms with E-state index in [0.717, 1.165) is 63.9 Å². The van der Waals surface area contributed by atoms with Gasteiger partial charge in [-0.25, -0.2) is 9.59 Å². The van der Waals surface area contributed by atoms with Crippen LogP contribution >= 0.6 is 0 Å². The van der Waals surface area contributed by atoms with Gasteiger partial charge < -0.3 is 35.0 Å². The van der Waals surface area contributed by atoms with Crippen molar-refractivity contribution in [3.05, 3.63) is 46.5 Å². The molecule has 0 bridgehead atoms. The zero-order valence-corrected chi connectivity index (χ0v) is 27.1. The Labute approximate surface area is 271 Å². The third kappa shape index (κ3) is 11.9. The molecule has 2 aliphatic rings. The van der Waals surface area contributed by atoms with Crippen molar-refractivity contribution in [1.29, 1.82) is 0 Å². The highest BCUT2D eigenvalue weighted by Gasteiger charge is 2.23. The van der Waals surface area contributed by atoms with Crippen LogP contribution in [0.5, 0.6) is 23.0 Å². The molecule has 46 heavy (non-hydrogen) atoms. The van der Waals surface area contributed by atoms with Gasteiger partial charge in [-0.2, -0.15) is 0 Å². The van der Waals surface area contributed by atoms with Crippen LogP contribution in [0.3, 0.4) is 0 Å². The lowest BCUT2D eigenvalue weighted by atomic mass is 9.97. The number of ketones is 1. The maximum atomic E-state index is 12.4. The number of carbonyl (C=O) groups is 3. The minimum absolute atomic E-state index is 0.0568. The fraction of sp³-hybridized carbons (Fsp3) is 0.583. The summed E-state index contributed by atoms with van der Waals surface area (Å²) in [4.78, 5) is 36.5.